The molecule has 1 fully saturated rings. The highest BCUT2D eigenvalue weighted by molar-refractivity contribution is 6.30. The number of rotatable bonds is 4. The Morgan fingerprint density at radius 2 is 1.88 bits per heavy atom. The molecule has 2 aliphatic rings. The van der Waals surface area contributed by atoms with Gasteiger partial charge in [-0.05, 0) is 56.2 Å². The van der Waals surface area contributed by atoms with Gasteiger partial charge in [-0.25, -0.2) is 0 Å². The summed E-state index contributed by atoms with van der Waals surface area (Å²) in [7, 11) is 0. The molecule has 0 spiro atoms. The van der Waals surface area contributed by atoms with Gasteiger partial charge in [-0.15, -0.1) is 0 Å². The fourth-order valence-corrected chi connectivity index (χ4v) is 4.79. The van der Waals surface area contributed by atoms with E-state index in [-0.39, 0.29) is 18.8 Å². The number of aliphatic carboxylic acids is 2. The van der Waals surface area contributed by atoms with Crippen LogP contribution in [0.5, 0.6) is 0 Å². The molecule has 0 aromatic carbocycles. The van der Waals surface area contributed by atoms with Crippen LogP contribution in [-0.2, 0) is 9.59 Å². The topological polar surface area (TPSA) is 87.5 Å². The molecule has 1 heterocycles. The summed E-state index contributed by atoms with van der Waals surface area (Å²) in [6, 6.07) is 3.32. The number of carbonyl (C=O) groups is 2. The Labute approximate surface area is 158 Å². The Kier molecular flexibility index (Phi) is 5.11. The third kappa shape index (κ3) is 3.37. The second-order valence-electron chi connectivity index (χ2n) is 7.93. The molecule has 1 saturated carbocycles. The van der Waals surface area contributed by atoms with Crippen molar-refractivity contribution in [2.45, 2.75) is 51.9 Å². The lowest BCUT2D eigenvalue weighted by Crippen LogP contribution is -2.47. The van der Waals surface area contributed by atoms with Gasteiger partial charge >= 0.3 is 11.9 Å². The zero-order valence-electron chi connectivity index (χ0n) is 14.9. The lowest BCUT2D eigenvalue weighted by atomic mass is 9.56. The van der Waals surface area contributed by atoms with Gasteiger partial charge in [0.15, 0.2) is 0 Å². The van der Waals surface area contributed by atoms with Crippen LogP contribution in [0, 0.1) is 16.7 Å². The van der Waals surface area contributed by atoms with Gasteiger partial charge in [0.05, 0.1) is 16.5 Å². The molecule has 0 bridgehead atoms. The standard InChI is InChI=1S/C20H24ClNO4/c1-19(17(23)24)10-13(16-9-15(21)7-8-22-16)11-20(12-19,18(25)26)14-5-3-2-4-6-14/h7-9,11,14H,2-6,10,12H2,1H3,(H,23,24)(H,25,26). The van der Waals surface area contributed by atoms with Crippen molar-refractivity contribution in [3.8, 4) is 0 Å². The highest BCUT2D eigenvalue weighted by Gasteiger charge is 2.54. The van der Waals surface area contributed by atoms with Crippen LogP contribution in [0.15, 0.2) is 24.4 Å². The number of aromatic nitrogens is 1. The monoisotopic (exact) mass is 377 g/mol. The average molecular weight is 378 g/mol. The fourth-order valence-electron chi connectivity index (χ4n) is 4.63. The van der Waals surface area contributed by atoms with Crippen LogP contribution >= 0.6 is 11.6 Å². The molecule has 140 valence electrons. The van der Waals surface area contributed by atoms with Crippen molar-refractivity contribution in [1.29, 1.82) is 0 Å². The summed E-state index contributed by atoms with van der Waals surface area (Å²) in [5.74, 6) is -1.95. The minimum Gasteiger partial charge on any atom is -0.481 e. The summed E-state index contributed by atoms with van der Waals surface area (Å²) in [5, 5.41) is 20.6. The normalized spacial score (nSPS) is 29.8. The van der Waals surface area contributed by atoms with Crippen molar-refractivity contribution in [3.63, 3.8) is 0 Å². The maximum absolute atomic E-state index is 12.4. The minimum atomic E-state index is -1.18. The zero-order chi connectivity index (χ0) is 18.9. The molecule has 2 unspecified atom stereocenters. The lowest BCUT2D eigenvalue weighted by Gasteiger charge is -2.45. The van der Waals surface area contributed by atoms with Gasteiger partial charge < -0.3 is 10.2 Å². The number of nitrogens with zero attached hydrogens (tertiary/aromatic N) is 1. The fraction of sp³-hybridized carbons (Fsp3) is 0.550. The molecule has 6 heteroatoms. The van der Waals surface area contributed by atoms with Crippen LogP contribution < -0.4 is 0 Å². The van der Waals surface area contributed by atoms with Crippen molar-refractivity contribution in [2.24, 2.45) is 16.7 Å². The van der Waals surface area contributed by atoms with E-state index in [0.29, 0.717) is 16.3 Å². The van der Waals surface area contributed by atoms with Gasteiger partial charge in [0.1, 0.15) is 0 Å². The summed E-state index contributed by atoms with van der Waals surface area (Å²) >= 11 is 6.08. The first-order valence-electron chi connectivity index (χ1n) is 9.07. The molecular weight excluding hydrogens is 354 g/mol. The quantitative estimate of drug-likeness (QED) is 0.797. The largest absolute Gasteiger partial charge is 0.481 e. The molecule has 0 aliphatic heterocycles. The van der Waals surface area contributed by atoms with E-state index < -0.39 is 22.8 Å². The summed E-state index contributed by atoms with van der Waals surface area (Å²) in [4.78, 5) is 28.8. The maximum Gasteiger partial charge on any atom is 0.313 e. The number of allylic oxidation sites excluding steroid dienone is 1. The first kappa shape index (κ1) is 18.9. The summed E-state index contributed by atoms with van der Waals surface area (Å²) < 4.78 is 0. The number of carboxylic acid groups (broad SMARTS) is 2. The van der Waals surface area contributed by atoms with Crippen LogP contribution in [0.1, 0.15) is 57.6 Å². The van der Waals surface area contributed by atoms with E-state index >= 15 is 0 Å². The van der Waals surface area contributed by atoms with E-state index in [4.69, 9.17) is 11.6 Å². The molecule has 0 saturated heterocycles. The van der Waals surface area contributed by atoms with E-state index in [1.54, 1.807) is 31.3 Å². The predicted octanol–water partition coefficient (Wildman–Crippen LogP) is 4.65. The van der Waals surface area contributed by atoms with Crippen LogP contribution in [0.4, 0.5) is 0 Å². The molecular formula is C20H24ClNO4. The van der Waals surface area contributed by atoms with Gasteiger partial charge in [-0.2, -0.15) is 0 Å². The van der Waals surface area contributed by atoms with Gasteiger partial charge in [0.25, 0.3) is 0 Å². The third-order valence-corrected chi connectivity index (χ3v) is 6.23. The molecule has 0 radical (unpaired) electrons. The number of hydrogen-bond donors (Lipinski definition) is 2. The number of carboxylic acids is 2. The van der Waals surface area contributed by atoms with E-state index in [1.807, 2.05) is 0 Å². The lowest BCUT2D eigenvalue weighted by molar-refractivity contribution is -0.158. The van der Waals surface area contributed by atoms with E-state index in [9.17, 15) is 19.8 Å². The zero-order valence-corrected chi connectivity index (χ0v) is 15.6. The second kappa shape index (κ2) is 7.03. The molecule has 2 atom stereocenters. The Balaban J connectivity index is 2.15. The SMILES string of the molecule is CC1(C(=O)O)CC(c2cc(Cl)ccn2)=CC(C(=O)O)(C2CCCCC2)C1. The molecule has 2 N–H and O–H groups in total. The summed E-state index contributed by atoms with van der Waals surface area (Å²) in [6.45, 7) is 1.65. The number of halogens is 1. The first-order valence-corrected chi connectivity index (χ1v) is 9.45. The Morgan fingerprint density at radius 1 is 1.19 bits per heavy atom. The maximum atomic E-state index is 12.4. The van der Waals surface area contributed by atoms with Crippen LogP contribution in [0.2, 0.25) is 5.02 Å². The van der Waals surface area contributed by atoms with Crippen molar-refractivity contribution in [3.05, 3.63) is 35.1 Å². The third-order valence-electron chi connectivity index (χ3n) is 5.99. The van der Waals surface area contributed by atoms with E-state index in [0.717, 1.165) is 32.1 Å². The van der Waals surface area contributed by atoms with Crippen LogP contribution in [0.25, 0.3) is 5.57 Å². The predicted molar refractivity (Wildman–Crippen MR) is 98.8 cm³/mol. The average Bonchev–Trinajstić information content (AvgIpc) is 2.61. The van der Waals surface area contributed by atoms with Gasteiger partial charge in [-0.1, -0.05) is 36.9 Å². The molecule has 26 heavy (non-hydrogen) atoms. The van der Waals surface area contributed by atoms with Crippen molar-refractivity contribution in [2.75, 3.05) is 0 Å². The highest BCUT2D eigenvalue weighted by Crippen LogP contribution is 2.54. The van der Waals surface area contributed by atoms with Crippen LogP contribution in [-0.4, -0.2) is 27.1 Å². The number of pyridine rings is 1. The van der Waals surface area contributed by atoms with Gasteiger partial charge in [-0.3, -0.25) is 14.6 Å². The van der Waals surface area contributed by atoms with Crippen LogP contribution in [0.3, 0.4) is 0 Å². The Hall–Kier alpha value is -1.88. The summed E-state index contributed by atoms with van der Waals surface area (Å²) in [6.07, 6.45) is 8.42. The van der Waals surface area contributed by atoms with Gasteiger partial charge in [0.2, 0.25) is 0 Å². The van der Waals surface area contributed by atoms with E-state index in [1.165, 1.54) is 0 Å². The first-order chi connectivity index (χ1) is 12.3. The Morgan fingerprint density at radius 3 is 2.46 bits per heavy atom. The number of hydrogen-bond acceptors (Lipinski definition) is 3. The molecule has 2 aliphatic carbocycles. The minimum absolute atomic E-state index is 0.0538. The molecule has 1 aromatic rings. The molecule has 3 rings (SSSR count). The van der Waals surface area contributed by atoms with E-state index in [2.05, 4.69) is 4.98 Å². The summed E-state index contributed by atoms with van der Waals surface area (Å²) in [5.41, 5.74) is -1.10. The van der Waals surface area contributed by atoms with Gasteiger partial charge in [0, 0.05) is 11.2 Å². The highest BCUT2D eigenvalue weighted by atomic mass is 35.5. The molecule has 1 aromatic heterocycles. The van der Waals surface area contributed by atoms with Crippen molar-refractivity contribution in [1.82, 2.24) is 4.98 Å². The second-order valence-corrected chi connectivity index (χ2v) is 8.37. The molecule has 0 amide bonds. The van der Waals surface area contributed by atoms with Crippen molar-refractivity contribution >= 4 is 29.1 Å². The van der Waals surface area contributed by atoms with Crippen molar-refractivity contribution < 1.29 is 19.8 Å². The molecule has 5 nitrogen and oxygen atoms in total. The Bertz CT molecular complexity index is 756. The smallest absolute Gasteiger partial charge is 0.313 e.